The van der Waals surface area contributed by atoms with Crippen molar-refractivity contribution in [3.05, 3.63) is 36.5 Å². The van der Waals surface area contributed by atoms with Crippen molar-refractivity contribution >= 4 is 17.9 Å². The van der Waals surface area contributed by atoms with Gasteiger partial charge in [-0.15, -0.1) is 0 Å². The minimum absolute atomic E-state index is 0.0747. The van der Waals surface area contributed by atoms with Crippen LogP contribution in [0, 0.1) is 0 Å². The van der Waals surface area contributed by atoms with Crippen molar-refractivity contribution in [1.82, 2.24) is 0 Å². The maximum absolute atomic E-state index is 12.8. The quantitative estimate of drug-likeness (QED) is 0.0261. The van der Waals surface area contributed by atoms with Crippen LogP contribution in [0.4, 0.5) is 0 Å². The van der Waals surface area contributed by atoms with E-state index in [9.17, 15) is 14.4 Å². The second kappa shape index (κ2) is 61.2. The molecule has 0 aromatic heterocycles. The van der Waals surface area contributed by atoms with Crippen LogP contribution in [0.3, 0.4) is 0 Å². The van der Waals surface area contributed by atoms with Gasteiger partial charge in [-0.25, -0.2) is 0 Å². The van der Waals surface area contributed by atoms with Crippen LogP contribution in [0.5, 0.6) is 0 Å². The minimum Gasteiger partial charge on any atom is -0.462 e. The number of rotatable bonds is 59. The zero-order chi connectivity index (χ0) is 52.2. The summed E-state index contributed by atoms with van der Waals surface area (Å²) in [6, 6.07) is 0. The van der Waals surface area contributed by atoms with E-state index in [-0.39, 0.29) is 31.1 Å². The first-order valence-corrected chi connectivity index (χ1v) is 32.0. The minimum atomic E-state index is -0.776. The van der Waals surface area contributed by atoms with Gasteiger partial charge in [0.15, 0.2) is 6.10 Å². The average Bonchev–Trinajstić information content (AvgIpc) is 3.38. The third-order valence-corrected chi connectivity index (χ3v) is 14.3. The maximum atomic E-state index is 12.8. The Morgan fingerprint density at radius 2 is 0.486 bits per heavy atom. The Kier molecular flexibility index (Phi) is 59.2. The van der Waals surface area contributed by atoms with Gasteiger partial charge in [0, 0.05) is 19.3 Å². The van der Waals surface area contributed by atoms with Gasteiger partial charge < -0.3 is 14.2 Å². The number of carbonyl (C=O) groups is 3. The fraction of sp³-hybridized carbons (Fsp3) is 0.864. The predicted molar refractivity (Wildman–Crippen MR) is 312 cm³/mol. The summed E-state index contributed by atoms with van der Waals surface area (Å²) in [4.78, 5) is 38.1. The highest BCUT2D eigenvalue weighted by molar-refractivity contribution is 5.71. The number of hydrogen-bond acceptors (Lipinski definition) is 6. The Morgan fingerprint density at radius 1 is 0.264 bits per heavy atom. The molecular formula is C66H122O6. The lowest BCUT2D eigenvalue weighted by atomic mass is 10.0. The lowest BCUT2D eigenvalue weighted by molar-refractivity contribution is -0.167. The number of unbranched alkanes of at least 4 members (excludes halogenated alkanes) is 42. The van der Waals surface area contributed by atoms with Crippen LogP contribution in [0.2, 0.25) is 0 Å². The van der Waals surface area contributed by atoms with Gasteiger partial charge in [0.05, 0.1) is 0 Å². The monoisotopic (exact) mass is 1010 g/mol. The number of ether oxygens (including phenoxy) is 3. The zero-order valence-corrected chi connectivity index (χ0v) is 48.5. The fourth-order valence-electron chi connectivity index (χ4n) is 9.50. The first-order valence-electron chi connectivity index (χ1n) is 32.0. The van der Waals surface area contributed by atoms with E-state index in [2.05, 4.69) is 57.2 Å². The molecule has 0 aromatic carbocycles. The van der Waals surface area contributed by atoms with Crippen LogP contribution < -0.4 is 0 Å². The summed E-state index contributed by atoms with van der Waals surface area (Å²) < 4.78 is 16.8. The highest BCUT2D eigenvalue weighted by atomic mass is 16.6. The summed E-state index contributed by atoms with van der Waals surface area (Å²) in [6.07, 6.45) is 74.7. The maximum Gasteiger partial charge on any atom is 0.306 e. The van der Waals surface area contributed by atoms with Crippen molar-refractivity contribution in [2.45, 2.75) is 354 Å². The Hall–Kier alpha value is -2.37. The molecule has 6 nitrogen and oxygen atoms in total. The fourth-order valence-corrected chi connectivity index (χ4v) is 9.50. The van der Waals surface area contributed by atoms with Crippen LogP contribution in [0.25, 0.3) is 0 Å². The molecule has 1 unspecified atom stereocenters. The summed E-state index contributed by atoms with van der Waals surface area (Å²) >= 11 is 0. The van der Waals surface area contributed by atoms with Crippen molar-refractivity contribution < 1.29 is 28.6 Å². The van der Waals surface area contributed by atoms with Gasteiger partial charge in [0.1, 0.15) is 13.2 Å². The molecule has 6 heteroatoms. The van der Waals surface area contributed by atoms with E-state index in [0.717, 1.165) is 77.0 Å². The predicted octanol–water partition coefficient (Wildman–Crippen LogP) is 21.6. The first kappa shape index (κ1) is 69.6. The summed E-state index contributed by atoms with van der Waals surface area (Å²) in [7, 11) is 0. The molecule has 0 bridgehead atoms. The molecule has 1 atom stereocenters. The van der Waals surface area contributed by atoms with Crippen LogP contribution in [0.15, 0.2) is 36.5 Å². The highest BCUT2D eigenvalue weighted by Gasteiger charge is 2.19. The normalized spacial score (nSPS) is 12.2. The van der Waals surface area contributed by atoms with Crippen molar-refractivity contribution in [2.75, 3.05) is 13.2 Å². The molecule has 0 saturated carbocycles. The second-order valence-electron chi connectivity index (χ2n) is 21.7. The number of carbonyl (C=O) groups excluding carboxylic acids is 3. The molecule has 0 N–H and O–H groups in total. The van der Waals surface area contributed by atoms with Crippen LogP contribution >= 0.6 is 0 Å². The Labute approximate surface area is 448 Å². The third kappa shape index (κ3) is 58.5. The average molecular weight is 1010 g/mol. The Morgan fingerprint density at radius 3 is 0.764 bits per heavy atom. The summed E-state index contributed by atoms with van der Waals surface area (Å²) in [6.45, 7) is 6.59. The topological polar surface area (TPSA) is 78.9 Å². The SMILES string of the molecule is CCC/C=C\CCCCCCCC(=O)OCC(COC(=O)CCCCCCCCCCCCCCCCCCCCC/C=C\CCCCCCCCCC)OC(=O)CCCCCCC/C=C\CCCCCC. The molecule has 0 heterocycles. The standard InChI is InChI=1S/C66H122O6/c1-4-7-10-13-16-19-22-24-25-26-27-28-29-30-31-32-33-34-35-36-37-38-39-40-41-43-44-47-50-53-56-59-65(68)71-62-63(61-70-64(67)58-55-52-49-46-21-18-15-12-9-6-3)72-66(69)60-57-54-51-48-45-42-23-20-17-14-11-8-5-2/h12,15,20,23,26-27,63H,4-11,13-14,16-19,21-22,24-25,28-62H2,1-3H3/b15-12-,23-20-,27-26-. The third-order valence-electron chi connectivity index (χ3n) is 14.3. The molecule has 0 aliphatic carbocycles. The molecule has 0 spiro atoms. The Balaban J connectivity index is 4.03. The van der Waals surface area contributed by atoms with Gasteiger partial charge in [-0.1, -0.05) is 276 Å². The summed E-state index contributed by atoms with van der Waals surface area (Å²) in [5, 5.41) is 0. The van der Waals surface area contributed by atoms with Gasteiger partial charge in [-0.2, -0.15) is 0 Å². The molecular weight excluding hydrogens is 889 g/mol. The second-order valence-corrected chi connectivity index (χ2v) is 21.7. The van der Waals surface area contributed by atoms with E-state index < -0.39 is 6.10 Å². The van der Waals surface area contributed by atoms with Crippen molar-refractivity contribution in [1.29, 1.82) is 0 Å². The van der Waals surface area contributed by atoms with Crippen LogP contribution in [0.1, 0.15) is 348 Å². The van der Waals surface area contributed by atoms with Gasteiger partial charge in [0.2, 0.25) is 0 Å². The summed E-state index contributed by atoms with van der Waals surface area (Å²) in [5.74, 6) is -0.878. The molecule has 0 radical (unpaired) electrons. The van der Waals surface area contributed by atoms with E-state index in [1.54, 1.807) is 0 Å². The molecule has 0 aliphatic heterocycles. The summed E-state index contributed by atoms with van der Waals surface area (Å²) in [5.41, 5.74) is 0. The van der Waals surface area contributed by atoms with E-state index in [1.807, 2.05) is 0 Å². The van der Waals surface area contributed by atoms with Gasteiger partial charge in [-0.3, -0.25) is 14.4 Å². The van der Waals surface area contributed by atoms with Crippen molar-refractivity contribution in [2.24, 2.45) is 0 Å². The van der Waals surface area contributed by atoms with Gasteiger partial charge in [-0.05, 0) is 89.9 Å². The van der Waals surface area contributed by atoms with Crippen LogP contribution in [-0.4, -0.2) is 37.2 Å². The smallest absolute Gasteiger partial charge is 0.306 e. The molecule has 0 saturated heterocycles. The van der Waals surface area contributed by atoms with Crippen molar-refractivity contribution in [3.63, 3.8) is 0 Å². The van der Waals surface area contributed by atoms with Crippen LogP contribution in [-0.2, 0) is 28.6 Å². The van der Waals surface area contributed by atoms with Gasteiger partial charge >= 0.3 is 17.9 Å². The first-order chi connectivity index (χ1) is 35.5. The number of esters is 3. The highest BCUT2D eigenvalue weighted by Crippen LogP contribution is 2.17. The molecule has 0 aromatic rings. The molecule has 0 amide bonds. The molecule has 0 fully saturated rings. The lowest BCUT2D eigenvalue weighted by Gasteiger charge is -2.18. The van der Waals surface area contributed by atoms with E-state index in [1.165, 1.54) is 231 Å². The lowest BCUT2D eigenvalue weighted by Crippen LogP contribution is -2.30. The van der Waals surface area contributed by atoms with E-state index in [4.69, 9.17) is 14.2 Å². The molecule has 422 valence electrons. The van der Waals surface area contributed by atoms with Gasteiger partial charge in [0.25, 0.3) is 0 Å². The molecule has 0 rings (SSSR count). The van der Waals surface area contributed by atoms with E-state index in [0.29, 0.717) is 19.3 Å². The number of hydrogen-bond donors (Lipinski definition) is 0. The number of allylic oxidation sites excluding steroid dienone is 6. The Bertz CT molecular complexity index is 1210. The molecule has 0 aliphatic rings. The molecule has 72 heavy (non-hydrogen) atoms. The zero-order valence-electron chi connectivity index (χ0n) is 48.5. The van der Waals surface area contributed by atoms with Crippen molar-refractivity contribution in [3.8, 4) is 0 Å². The largest absolute Gasteiger partial charge is 0.462 e. The van der Waals surface area contributed by atoms with E-state index >= 15 is 0 Å².